The molecule has 0 bridgehead atoms. The number of Topliss-reactive ketones (excluding diaryl/α,β-unsaturated/α-hetero) is 1. The minimum atomic E-state index is -0.424. The van der Waals surface area contributed by atoms with E-state index in [1.54, 1.807) is 11.3 Å². The molecule has 0 saturated heterocycles. The smallest absolute Gasteiger partial charge is 0.185 e. The van der Waals surface area contributed by atoms with Gasteiger partial charge in [0.15, 0.2) is 5.78 Å². The van der Waals surface area contributed by atoms with Gasteiger partial charge in [0.2, 0.25) is 0 Å². The zero-order chi connectivity index (χ0) is 15.2. The SMILES string of the molecule is CC(CN(C)CCc1cccs1)C(=O)c1ccc(F)cn1. The van der Waals surface area contributed by atoms with Crippen LogP contribution >= 0.6 is 11.3 Å². The number of hydrogen-bond donors (Lipinski definition) is 0. The number of likely N-dealkylation sites (N-methyl/N-ethyl adjacent to an activating group) is 1. The molecule has 1 atom stereocenters. The Morgan fingerprint density at radius 3 is 2.86 bits per heavy atom. The molecule has 0 amide bonds. The molecule has 0 saturated carbocycles. The van der Waals surface area contributed by atoms with E-state index in [1.165, 1.54) is 17.0 Å². The highest BCUT2D eigenvalue weighted by Crippen LogP contribution is 2.11. The second-order valence-corrected chi connectivity index (χ2v) is 6.25. The number of thiophene rings is 1. The highest BCUT2D eigenvalue weighted by atomic mass is 32.1. The molecule has 0 aliphatic heterocycles. The van der Waals surface area contributed by atoms with Gasteiger partial charge in [0.1, 0.15) is 11.5 Å². The second-order valence-electron chi connectivity index (χ2n) is 5.22. The maximum absolute atomic E-state index is 12.8. The third-order valence-electron chi connectivity index (χ3n) is 3.33. The van der Waals surface area contributed by atoms with E-state index in [-0.39, 0.29) is 11.7 Å². The number of ketones is 1. The number of pyridine rings is 1. The van der Waals surface area contributed by atoms with Crippen LogP contribution in [0.1, 0.15) is 22.3 Å². The summed E-state index contributed by atoms with van der Waals surface area (Å²) < 4.78 is 12.8. The summed E-state index contributed by atoms with van der Waals surface area (Å²) in [5.41, 5.74) is 0.329. The summed E-state index contributed by atoms with van der Waals surface area (Å²) in [6, 6.07) is 6.88. The summed E-state index contributed by atoms with van der Waals surface area (Å²) in [5.74, 6) is -0.624. The lowest BCUT2D eigenvalue weighted by atomic mass is 10.0. The molecular formula is C16H19FN2OS. The van der Waals surface area contributed by atoms with Crippen LogP contribution < -0.4 is 0 Å². The molecule has 2 aromatic heterocycles. The predicted octanol–water partition coefficient (Wildman–Crippen LogP) is 3.28. The summed E-state index contributed by atoms with van der Waals surface area (Å²) in [6.45, 7) is 3.47. The van der Waals surface area contributed by atoms with Crippen molar-refractivity contribution in [3.8, 4) is 0 Å². The number of hydrogen-bond acceptors (Lipinski definition) is 4. The standard InChI is InChI=1S/C16H19FN2OS/c1-12(16(20)15-6-5-13(17)10-18-15)11-19(2)8-7-14-4-3-9-21-14/h3-6,9-10,12H,7-8,11H2,1-2H3. The molecule has 21 heavy (non-hydrogen) atoms. The number of halogens is 1. The van der Waals surface area contributed by atoms with Crippen molar-refractivity contribution in [3.63, 3.8) is 0 Å². The van der Waals surface area contributed by atoms with E-state index in [1.807, 2.05) is 20.0 Å². The molecule has 0 aliphatic rings. The molecule has 0 N–H and O–H groups in total. The predicted molar refractivity (Wildman–Crippen MR) is 83.2 cm³/mol. The first-order chi connectivity index (χ1) is 10.1. The molecule has 1 unspecified atom stereocenters. The van der Waals surface area contributed by atoms with E-state index in [0.29, 0.717) is 12.2 Å². The summed E-state index contributed by atoms with van der Waals surface area (Å²) in [7, 11) is 2.01. The fourth-order valence-corrected chi connectivity index (χ4v) is 2.87. The van der Waals surface area contributed by atoms with Crippen LogP contribution in [0, 0.1) is 11.7 Å². The topological polar surface area (TPSA) is 33.2 Å². The molecule has 0 fully saturated rings. The van der Waals surface area contributed by atoms with Gasteiger partial charge in [0.25, 0.3) is 0 Å². The van der Waals surface area contributed by atoms with Gasteiger partial charge in [-0.1, -0.05) is 13.0 Å². The minimum Gasteiger partial charge on any atom is -0.305 e. The molecule has 0 aliphatic carbocycles. The Bertz CT molecular complexity index is 568. The zero-order valence-electron chi connectivity index (χ0n) is 12.3. The second kappa shape index (κ2) is 7.43. The Morgan fingerprint density at radius 1 is 1.43 bits per heavy atom. The highest BCUT2D eigenvalue weighted by molar-refractivity contribution is 7.09. The van der Waals surface area contributed by atoms with Gasteiger partial charge in [-0.25, -0.2) is 4.39 Å². The van der Waals surface area contributed by atoms with Crippen molar-refractivity contribution in [1.29, 1.82) is 0 Å². The van der Waals surface area contributed by atoms with Crippen molar-refractivity contribution < 1.29 is 9.18 Å². The van der Waals surface area contributed by atoms with Gasteiger partial charge in [-0.2, -0.15) is 0 Å². The highest BCUT2D eigenvalue weighted by Gasteiger charge is 2.18. The van der Waals surface area contributed by atoms with E-state index < -0.39 is 5.82 Å². The molecule has 0 aromatic carbocycles. The van der Waals surface area contributed by atoms with Crippen molar-refractivity contribution in [2.45, 2.75) is 13.3 Å². The van der Waals surface area contributed by atoms with Crippen LogP contribution in [0.15, 0.2) is 35.8 Å². The van der Waals surface area contributed by atoms with E-state index in [2.05, 4.69) is 21.3 Å². The van der Waals surface area contributed by atoms with Gasteiger partial charge in [0.05, 0.1) is 6.20 Å². The lowest BCUT2D eigenvalue weighted by molar-refractivity contribution is 0.0898. The third-order valence-corrected chi connectivity index (χ3v) is 4.27. The summed E-state index contributed by atoms with van der Waals surface area (Å²) in [6.07, 6.45) is 2.07. The van der Waals surface area contributed by atoms with Crippen LogP contribution in [0.3, 0.4) is 0 Å². The first-order valence-corrected chi connectivity index (χ1v) is 7.81. The van der Waals surface area contributed by atoms with Crippen LogP contribution in [-0.2, 0) is 6.42 Å². The fraction of sp³-hybridized carbons (Fsp3) is 0.375. The van der Waals surface area contributed by atoms with Gasteiger partial charge in [-0.05, 0) is 37.0 Å². The monoisotopic (exact) mass is 306 g/mol. The fourth-order valence-electron chi connectivity index (χ4n) is 2.17. The summed E-state index contributed by atoms with van der Waals surface area (Å²) in [5, 5.41) is 2.07. The third kappa shape index (κ3) is 4.72. The normalized spacial score (nSPS) is 12.6. The van der Waals surface area contributed by atoms with Crippen LogP contribution in [0.5, 0.6) is 0 Å². The lowest BCUT2D eigenvalue weighted by Gasteiger charge is -2.20. The van der Waals surface area contributed by atoms with E-state index in [4.69, 9.17) is 0 Å². The largest absolute Gasteiger partial charge is 0.305 e. The van der Waals surface area contributed by atoms with Gasteiger partial charge < -0.3 is 4.90 Å². The molecule has 2 aromatic rings. The minimum absolute atomic E-state index is 0.0435. The maximum Gasteiger partial charge on any atom is 0.185 e. The maximum atomic E-state index is 12.8. The zero-order valence-corrected chi connectivity index (χ0v) is 13.1. The van der Waals surface area contributed by atoms with Gasteiger partial charge in [-0.15, -0.1) is 11.3 Å². The molecule has 2 heterocycles. The Balaban J connectivity index is 1.83. The van der Waals surface area contributed by atoms with Crippen molar-refractivity contribution in [2.24, 2.45) is 5.92 Å². The summed E-state index contributed by atoms with van der Waals surface area (Å²) >= 11 is 1.75. The van der Waals surface area contributed by atoms with E-state index in [0.717, 1.165) is 19.2 Å². The number of rotatable bonds is 7. The van der Waals surface area contributed by atoms with Gasteiger partial charge >= 0.3 is 0 Å². The van der Waals surface area contributed by atoms with Crippen LogP contribution in [0.2, 0.25) is 0 Å². The van der Waals surface area contributed by atoms with Crippen LogP contribution in [0.4, 0.5) is 4.39 Å². The molecule has 5 heteroatoms. The number of carbonyl (C=O) groups is 1. The molecule has 0 spiro atoms. The molecule has 2 rings (SSSR count). The van der Waals surface area contributed by atoms with Gasteiger partial charge in [0, 0.05) is 23.9 Å². The lowest BCUT2D eigenvalue weighted by Crippen LogP contribution is -2.30. The van der Waals surface area contributed by atoms with Crippen molar-refractivity contribution >= 4 is 17.1 Å². The first-order valence-electron chi connectivity index (χ1n) is 6.93. The molecule has 112 valence electrons. The number of carbonyl (C=O) groups excluding carboxylic acids is 1. The number of nitrogens with zero attached hydrogens (tertiary/aromatic N) is 2. The van der Waals surface area contributed by atoms with Crippen molar-refractivity contribution in [3.05, 3.63) is 52.2 Å². The molecule has 3 nitrogen and oxygen atoms in total. The van der Waals surface area contributed by atoms with Crippen molar-refractivity contribution in [2.75, 3.05) is 20.1 Å². The van der Waals surface area contributed by atoms with Crippen molar-refractivity contribution in [1.82, 2.24) is 9.88 Å². The first kappa shape index (κ1) is 15.8. The number of aromatic nitrogens is 1. The van der Waals surface area contributed by atoms with E-state index >= 15 is 0 Å². The Kier molecular flexibility index (Phi) is 5.59. The van der Waals surface area contributed by atoms with Gasteiger partial charge in [-0.3, -0.25) is 9.78 Å². The molecule has 0 radical (unpaired) electrons. The summed E-state index contributed by atoms with van der Waals surface area (Å²) in [4.78, 5) is 19.6. The quantitative estimate of drug-likeness (QED) is 0.736. The Morgan fingerprint density at radius 2 is 2.24 bits per heavy atom. The Labute approximate surface area is 128 Å². The molecular weight excluding hydrogens is 287 g/mol. The van der Waals surface area contributed by atoms with Crippen LogP contribution in [0.25, 0.3) is 0 Å². The average molecular weight is 306 g/mol. The van der Waals surface area contributed by atoms with E-state index in [9.17, 15) is 9.18 Å². The average Bonchev–Trinajstić information content (AvgIpc) is 2.98. The Hall–Kier alpha value is -1.59. The van der Waals surface area contributed by atoms with Crippen LogP contribution in [-0.4, -0.2) is 35.8 Å².